The zero-order valence-electron chi connectivity index (χ0n) is 12.9. The van der Waals surface area contributed by atoms with E-state index in [0.29, 0.717) is 25.5 Å². The van der Waals surface area contributed by atoms with Crippen molar-refractivity contribution < 1.29 is 13.9 Å². The third-order valence-electron chi connectivity index (χ3n) is 4.01. The summed E-state index contributed by atoms with van der Waals surface area (Å²) in [6, 6.07) is 13.3. The van der Waals surface area contributed by atoms with Gasteiger partial charge in [-0.2, -0.15) is 0 Å². The first-order chi connectivity index (χ1) is 11.8. The number of ether oxygens (including phenoxy) is 1. The highest BCUT2D eigenvalue weighted by atomic mass is 32.1. The number of rotatable bonds is 3. The van der Waals surface area contributed by atoms with Crippen LogP contribution in [0.15, 0.2) is 58.5 Å². The van der Waals surface area contributed by atoms with E-state index in [1.165, 1.54) is 6.26 Å². The van der Waals surface area contributed by atoms with E-state index in [9.17, 15) is 4.79 Å². The Balaban J connectivity index is 1.62. The zero-order chi connectivity index (χ0) is 16.4. The van der Waals surface area contributed by atoms with Crippen molar-refractivity contribution in [3.05, 3.63) is 65.6 Å². The number of morpholine rings is 1. The summed E-state index contributed by atoms with van der Waals surface area (Å²) in [6.07, 6.45) is 1.51. The first kappa shape index (κ1) is 15.1. The van der Waals surface area contributed by atoms with Gasteiger partial charge in [0.15, 0.2) is 5.76 Å². The number of carbonyl (C=O) groups excluding carboxylic acids is 1. The first-order valence-electron chi connectivity index (χ1n) is 7.76. The zero-order valence-corrected chi connectivity index (χ0v) is 13.7. The molecule has 4 rings (SSSR count). The second kappa shape index (κ2) is 6.59. The standard InChI is InChI=1S/C18H16N2O3S/c21-18(16-7-4-9-23-16)20-8-10-22-11-15(20)14-12-24-17(19-14)13-5-2-1-3-6-13/h1-7,9,12,15H,8,10-11H2/t15-/m0/s1. The van der Waals surface area contributed by atoms with Crippen LogP contribution in [0.1, 0.15) is 22.3 Å². The fraction of sp³-hybridized carbons (Fsp3) is 0.222. The van der Waals surface area contributed by atoms with Crippen LogP contribution in [0, 0.1) is 0 Å². The van der Waals surface area contributed by atoms with Crippen LogP contribution in [0.5, 0.6) is 0 Å². The van der Waals surface area contributed by atoms with E-state index in [2.05, 4.69) is 0 Å². The Morgan fingerprint density at radius 3 is 2.88 bits per heavy atom. The summed E-state index contributed by atoms with van der Waals surface area (Å²) in [4.78, 5) is 19.2. The molecule has 0 aliphatic carbocycles. The molecule has 3 heterocycles. The SMILES string of the molecule is O=C(c1ccco1)N1CCOC[C@H]1c1csc(-c2ccccc2)n1. The lowest BCUT2D eigenvalue weighted by atomic mass is 10.1. The van der Waals surface area contributed by atoms with E-state index in [1.54, 1.807) is 28.4 Å². The van der Waals surface area contributed by atoms with Gasteiger partial charge in [0.1, 0.15) is 5.01 Å². The Morgan fingerprint density at radius 2 is 2.08 bits per heavy atom. The third kappa shape index (κ3) is 2.86. The molecular formula is C18H16N2O3S. The van der Waals surface area contributed by atoms with E-state index in [-0.39, 0.29) is 11.9 Å². The van der Waals surface area contributed by atoms with Crippen molar-refractivity contribution in [2.24, 2.45) is 0 Å². The molecule has 0 bridgehead atoms. The molecule has 0 radical (unpaired) electrons. The summed E-state index contributed by atoms with van der Waals surface area (Å²) in [5.41, 5.74) is 1.94. The van der Waals surface area contributed by atoms with Gasteiger partial charge in [0.25, 0.3) is 5.91 Å². The van der Waals surface area contributed by atoms with Crippen molar-refractivity contribution in [1.29, 1.82) is 0 Å². The summed E-state index contributed by atoms with van der Waals surface area (Å²) in [5.74, 6) is 0.225. The van der Waals surface area contributed by atoms with Gasteiger partial charge in [-0.25, -0.2) is 4.98 Å². The third-order valence-corrected chi connectivity index (χ3v) is 4.91. The van der Waals surface area contributed by atoms with Gasteiger partial charge >= 0.3 is 0 Å². The molecule has 5 nitrogen and oxygen atoms in total. The molecule has 0 spiro atoms. The summed E-state index contributed by atoms with van der Waals surface area (Å²) in [5, 5.41) is 2.95. The van der Waals surface area contributed by atoms with Crippen LogP contribution in [0.2, 0.25) is 0 Å². The predicted octanol–water partition coefficient (Wildman–Crippen LogP) is 3.62. The van der Waals surface area contributed by atoms with E-state index in [4.69, 9.17) is 14.1 Å². The van der Waals surface area contributed by atoms with E-state index in [0.717, 1.165) is 16.3 Å². The smallest absolute Gasteiger partial charge is 0.290 e. The number of aromatic nitrogens is 1. The van der Waals surface area contributed by atoms with Crippen molar-refractivity contribution in [3.8, 4) is 10.6 Å². The summed E-state index contributed by atoms with van der Waals surface area (Å²) in [7, 11) is 0. The van der Waals surface area contributed by atoms with Gasteiger partial charge < -0.3 is 14.1 Å². The van der Waals surface area contributed by atoms with Gasteiger partial charge in [0.05, 0.1) is 31.2 Å². The molecular weight excluding hydrogens is 324 g/mol. The Hall–Kier alpha value is -2.44. The van der Waals surface area contributed by atoms with Crippen LogP contribution in [-0.2, 0) is 4.74 Å². The summed E-state index contributed by atoms with van der Waals surface area (Å²) in [6.45, 7) is 1.51. The topological polar surface area (TPSA) is 55.6 Å². The second-order valence-corrected chi connectivity index (χ2v) is 6.37. The fourth-order valence-electron chi connectivity index (χ4n) is 2.79. The summed E-state index contributed by atoms with van der Waals surface area (Å²) < 4.78 is 10.8. The molecule has 1 atom stereocenters. The number of thiazole rings is 1. The largest absolute Gasteiger partial charge is 0.459 e. The molecule has 0 saturated carbocycles. The molecule has 1 saturated heterocycles. The lowest BCUT2D eigenvalue weighted by molar-refractivity contribution is -0.00526. The minimum absolute atomic E-state index is 0.123. The number of hydrogen-bond acceptors (Lipinski definition) is 5. The second-order valence-electron chi connectivity index (χ2n) is 5.51. The quantitative estimate of drug-likeness (QED) is 0.731. The van der Waals surface area contributed by atoms with Crippen molar-refractivity contribution in [1.82, 2.24) is 9.88 Å². The van der Waals surface area contributed by atoms with Gasteiger partial charge in [-0.1, -0.05) is 30.3 Å². The van der Waals surface area contributed by atoms with Crippen molar-refractivity contribution in [2.75, 3.05) is 19.8 Å². The van der Waals surface area contributed by atoms with Gasteiger partial charge in [-0.15, -0.1) is 11.3 Å². The molecule has 0 N–H and O–H groups in total. The minimum Gasteiger partial charge on any atom is -0.459 e. The monoisotopic (exact) mass is 340 g/mol. The van der Waals surface area contributed by atoms with Crippen molar-refractivity contribution in [3.63, 3.8) is 0 Å². The molecule has 1 aliphatic rings. The van der Waals surface area contributed by atoms with Crippen LogP contribution in [0.25, 0.3) is 10.6 Å². The maximum Gasteiger partial charge on any atom is 0.290 e. The molecule has 1 fully saturated rings. The number of hydrogen-bond donors (Lipinski definition) is 0. The first-order valence-corrected chi connectivity index (χ1v) is 8.64. The Bertz CT molecular complexity index is 814. The Kier molecular flexibility index (Phi) is 4.15. The van der Waals surface area contributed by atoms with Crippen LogP contribution >= 0.6 is 11.3 Å². The maximum absolute atomic E-state index is 12.7. The van der Waals surface area contributed by atoms with Crippen LogP contribution in [-0.4, -0.2) is 35.5 Å². The molecule has 24 heavy (non-hydrogen) atoms. The molecule has 3 aromatic rings. The number of amides is 1. The average Bonchev–Trinajstić information content (AvgIpc) is 3.34. The minimum atomic E-state index is -0.190. The van der Waals surface area contributed by atoms with Crippen molar-refractivity contribution >= 4 is 17.2 Å². The van der Waals surface area contributed by atoms with Crippen LogP contribution in [0.3, 0.4) is 0 Å². The normalized spacial score (nSPS) is 17.8. The Labute approximate surface area is 143 Å². The Morgan fingerprint density at radius 1 is 1.21 bits per heavy atom. The van der Waals surface area contributed by atoms with E-state index < -0.39 is 0 Å². The molecule has 122 valence electrons. The van der Waals surface area contributed by atoms with Crippen LogP contribution in [0.4, 0.5) is 0 Å². The lowest BCUT2D eigenvalue weighted by Crippen LogP contribution is -2.43. The number of furan rings is 1. The molecule has 0 unspecified atom stereocenters. The highest BCUT2D eigenvalue weighted by Gasteiger charge is 2.32. The maximum atomic E-state index is 12.7. The van der Waals surface area contributed by atoms with Gasteiger partial charge in [-0.3, -0.25) is 4.79 Å². The highest BCUT2D eigenvalue weighted by Crippen LogP contribution is 2.31. The molecule has 2 aromatic heterocycles. The van der Waals surface area contributed by atoms with E-state index in [1.807, 2.05) is 35.7 Å². The van der Waals surface area contributed by atoms with Crippen molar-refractivity contribution in [2.45, 2.75) is 6.04 Å². The number of benzene rings is 1. The molecule has 1 aliphatic heterocycles. The molecule has 1 amide bonds. The van der Waals surface area contributed by atoms with Gasteiger partial charge in [0, 0.05) is 17.5 Å². The molecule has 6 heteroatoms. The lowest BCUT2D eigenvalue weighted by Gasteiger charge is -2.34. The highest BCUT2D eigenvalue weighted by molar-refractivity contribution is 7.13. The van der Waals surface area contributed by atoms with Gasteiger partial charge in [-0.05, 0) is 12.1 Å². The van der Waals surface area contributed by atoms with Gasteiger partial charge in [0.2, 0.25) is 0 Å². The fourth-order valence-corrected chi connectivity index (χ4v) is 3.66. The van der Waals surface area contributed by atoms with E-state index >= 15 is 0 Å². The summed E-state index contributed by atoms with van der Waals surface area (Å²) >= 11 is 1.58. The number of carbonyl (C=O) groups is 1. The average molecular weight is 340 g/mol. The molecule has 1 aromatic carbocycles. The predicted molar refractivity (Wildman–Crippen MR) is 90.9 cm³/mol. The number of nitrogens with zero attached hydrogens (tertiary/aromatic N) is 2. The van der Waals surface area contributed by atoms with Crippen LogP contribution < -0.4 is 0 Å².